The molecule has 1 aliphatic heterocycles. The van der Waals surface area contributed by atoms with Crippen molar-refractivity contribution >= 4 is 30.4 Å². The number of benzene rings is 2. The minimum atomic E-state index is -3.10. The van der Waals surface area contributed by atoms with Gasteiger partial charge in [0, 0.05) is 44.4 Å². The number of amides is 2. The number of H-pyrrole nitrogens is 1. The zero-order valence-electron chi connectivity index (χ0n) is 21.8. The van der Waals surface area contributed by atoms with E-state index in [2.05, 4.69) is 32.3 Å². The number of hydrazone groups is 1. The molecule has 2 heterocycles. The number of nitrogens with one attached hydrogen (secondary N) is 2. The second-order valence-corrected chi connectivity index (χ2v) is 8.53. The van der Waals surface area contributed by atoms with Gasteiger partial charge in [0.1, 0.15) is 17.2 Å². The largest absolute Gasteiger partial charge is 0.457 e. The SMILES string of the molecule is C=NN1C=CC=N/C1=C(/C)C(=O)Nc1cn[nH]c1-c1cc(Oc2ccc(C(=O)N(C)C)cc2)ccc1OC(F)F. The molecule has 0 saturated heterocycles. The highest BCUT2D eigenvalue weighted by molar-refractivity contribution is 6.06. The van der Waals surface area contributed by atoms with Gasteiger partial charge in [0.2, 0.25) is 0 Å². The number of aliphatic imine (C=N–C) groups is 1. The van der Waals surface area contributed by atoms with Crippen LogP contribution in [0.5, 0.6) is 17.2 Å². The maximum atomic E-state index is 13.2. The maximum absolute atomic E-state index is 13.2. The fourth-order valence-corrected chi connectivity index (χ4v) is 3.68. The second kappa shape index (κ2) is 12.0. The number of anilines is 1. The third-order valence-electron chi connectivity index (χ3n) is 5.62. The third-order valence-corrected chi connectivity index (χ3v) is 5.62. The predicted molar refractivity (Wildman–Crippen MR) is 146 cm³/mol. The Morgan fingerprint density at radius 2 is 1.88 bits per heavy atom. The maximum Gasteiger partial charge on any atom is 0.387 e. The normalized spacial score (nSPS) is 13.7. The Balaban J connectivity index is 1.63. The minimum absolute atomic E-state index is 0.156. The van der Waals surface area contributed by atoms with E-state index in [1.54, 1.807) is 57.6 Å². The Morgan fingerprint density at radius 3 is 2.55 bits per heavy atom. The quantitative estimate of drug-likeness (QED) is 0.290. The first-order valence-corrected chi connectivity index (χ1v) is 11.8. The van der Waals surface area contributed by atoms with Gasteiger partial charge in [-0.25, -0.2) is 10.0 Å². The highest BCUT2D eigenvalue weighted by atomic mass is 19.3. The van der Waals surface area contributed by atoms with Gasteiger partial charge in [-0.1, -0.05) is 0 Å². The molecule has 2 amide bonds. The summed E-state index contributed by atoms with van der Waals surface area (Å²) in [7, 11) is 3.30. The topological polar surface area (TPSA) is 125 Å². The Bertz CT molecular complexity index is 1510. The minimum Gasteiger partial charge on any atom is -0.457 e. The number of hydrogen-bond donors (Lipinski definition) is 2. The van der Waals surface area contributed by atoms with Crippen molar-refractivity contribution in [1.82, 2.24) is 20.1 Å². The molecule has 0 aliphatic carbocycles. The lowest BCUT2D eigenvalue weighted by atomic mass is 10.1. The molecule has 1 aliphatic rings. The number of hydrogen-bond acceptors (Lipinski definition) is 8. The van der Waals surface area contributed by atoms with Gasteiger partial charge in [0.05, 0.1) is 23.2 Å². The molecule has 40 heavy (non-hydrogen) atoms. The molecular formula is C27H25F2N7O4. The van der Waals surface area contributed by atoms with Crippen LogP contribution in [0.4, 0.5) is 14.5 Å². The van der Waals surface area contributed by atoms with Crippen molar-refractivity contribution in [3.63, 3.8) is 0 Å². The predicted octanol–water partition coefficient (Wildman–Crippen LogP) is 4.86. The molecule has 0 bridgehead atoms. The van der Waals surface area contributed by atoms with Gasteiger partial charge < -0.3 is 19.7 Å². The summed E-state index contributed by atoms with van der Waals surface area (Å²) < 4.78 is 37.0. The lowest BCUT2D eigenvalue weighted by Gasteiger charge is -2.18. The van der Waals surface area contributed by atoms with Crippen LogP contribution in [-0.2, 0) is 4.79 Å². The van der Waals surface area contributed by atoms with Crippen LogP contribution in [0.15, 0.2) is 82.4 Å². The van der Waals surface area contributed by atoms with Crippen LogP contribution in [0.25, 0.3) is 11.3 Å². The summed E-state index contributed by atoms with van der Waals surface area (Å²) in [4.78, 5) is 30.8. The Labute approximate surface area is 228 Å². The zero-order chi connectivity index (χ0) is 28.8. The van der Waals surface area contributed by atoms with E-state index < -0.39 is 12.5 Å². The molecule has 2 aromatic carbocycles. The van der Waals surface area contributed by atoms with Crippen LogP contribution in [0.2, 0.25) is 0 Å². The average Bonchev–Trinajstić information content (AvgIpc) is 3.40. The van der Waals surface area contributed by atoms with Crippen molar-refractivity contribution in [1.29, 1.82) is 0 Å². The Hall–Kier alpha value is -5.33. The number of carbonyl (C=O) groups is 2. The van der Waals surface area contributed by atoms with Crippen LogP contribution >= 0.6 is 0 Å². The standard InChI is InChI=1S/C27H25F2N7O4/c1-16(24-31-12-5-13-36(24)30-2)25(37)33-21-15-32-34-23(21)20-14-19(10-11-22(20)40-27(28)29)39-18-8-6-17(7-9-18)26(38)35(3)4/h5-15,27H,2H2,1,3-4H3,(H,32,34)(H,33,37)/b24-16+. The molecule has 0 radical (unpaired) electrons. The van der Waals surface area contributed by atoms with Crippen LogP contribution in [0, 0.1) is 0 Å². The van der Waals surface area contributed by atoms with Gasteiger partial charge >= 0.3 is 6.61 Å². The summed E-state index contributed by atoms with van der Waals surface area (Å²) in [6.07, 6.45) is 6.06. The van der Waals surface area contributed by atoms with E-state index in [9.17, 15) is 18.4 Å². The van der Waals surface area contributed by atoms with E-state index in [0.717, 1.165) is 0 Å². The fraction of sp³-hybridized carbons (Fsp3) is 0.148. The third kappa shape index (κ3) is 6.20. The first-order valence-electron chi connectivity index (χ1n) is 11.8. The number of alkyl halides is 2. The summed E-state index contributed by atoms with van der Waals surface area (Å²) in [5.74, 6) is 0.0804. The van der Waals surface area contributed by atoms with E-state index in [1.807, 2.05) is 0 Å². The molecule has 4 rings (SSSR count). The van der Waals surface area contributed by atoms with Gasteiger partial charge in [0.15, 0.2) is 5.82 Å². The second-order valence-electron chi connectivity index (χ2n) is 8.53. The lowest BCUT2D eigenvalue weighted by molar-refractivity contribution is -0.112. The number of aromatic nitrogens is 2. The number of carbonyl (C=O) groups excluding carboxylic acids is 2. The van der Waals surface area contributed by atoms with Crippen molar-refractivity contribution < 1.29 is 27.8 Å². The van der Waals surface area contributed by atoms with E-state index >= 15 is 0 Å². The lowest BCUT2D eigenvalue weighted by Crippen LogP contribution is -2.21. The number of aromatic amines is 1. The zero-order valence-corrected chi connectivity index (χ0v) is 21.8. The molecule has 2 N–H and O–H groups in total. The molecule has 0 saturated carbocycles. The highest BCUT2D eigenvalue weighted by Gasteiger charge is 2.21. The van der Waals surface area contributed by atoms with Gasteiger partial charge in [0.25, 0.3) is 11.8 Å². The molecule has 1 aromatic heterocycles. The summed E-state index contributed by atoms with van der Waals surface area (Å²) in [5, 5.41) is 14.5. The molecule has 13 heteroatoms. The number of allylic oxidation sites excluding steroid dienone is 1. The van der Waals surface area contributed by atoms with E-state index in [-0.39, 0.29) is 45.7 Å². The Kier molecular flexibility index (Phi) is 8.33. The first-order chi connectivity index (χ1) is 19.2. The molecular weight excluding hydrogens is 524 g/mol. The number of ether oxygens (including phenoxy) is 2. The molecule has 0 fully saturated rings. The first kappa shape index (κ1) is 27.7. The van der Waals surface area contributed by atoms with E-state index in [0.29, 0.717) is 11.3 Å². The molecule has 11 nitrogen and oxygen atoms in total. The summed E-state index contributed by atoms with van der Waals surface area (Å²) >= 11 is 0. The van der Waals surface area contributed by atoms with Crippen LogP contribution in [0.3, 0.4) is 0 Å². The van der Waals surface area contributed by atoms with Crippen LogP contribution in [-0.4, -0.2) is 65.6 Å². The van der Waals surface area contributed by atoms with Crippen molar-refractivity contribution in [3.05, 3.63) is 77.9 Å². The molecule has 0 unspecified atom stereocenters. The summed E-state index contributed by atoms with van der Waals surface area (Å²) in [5.41, 5.74) is 1.25. The monoisotopic (exact) mass is 549 g/mol. The highest BCUT2D eigenvalue weighted by Crippen LogP contribution is 2.38. The molecule has 0 atom stereocenters. The number of rotatable bonds is 9. The Morgan fingerprint density at radius 1 is 1.15 bits per heavy atom. The summed E-state index contributed by atoms with van der Waals surface area (Å²) in [6, 6.07) is 10.7. The van der Waals surface area contributed by atoms with Crippen LogP contribution in [0.1, 0.15) is 17.3 Å². The smallest absolute Gasteiger partial charge is 0.387 e. The van der Waals surface area contributed by atoms with E-state index in [1.165, 1.54) is 40.5 Å². The molecule has 3 aromatic rings. The average molecular weight is 550 g/mol. The molecule has 206 valence electrons. The van der Waals surface area contributed by atoms with Crippen molar-refractivity contribution in [2.75, 3.05) is 19.4 Å². The summed E-state index contributed by atoms with van der Waals surface area (Å²) in [6.45, 7) is 1.91. The van der Waals surface area contributed by atoms with Crippen molar-refractivity contribution in [3.8, 4) is 28.5 Å². The van der Waals surface area contributed by atoms with Crippen molar-refractivity contribution in [2.24, 2.45) is 10.1 Å². The fourth-order valence-electron chi connectivity index (χ4n) is 3.68. The van der Waals surface area contributed by atoms with Crippen LogP contribution < -0.4 is 14.8 Å². The van der Waals surface area contributed by atoms with Gasteiger partial charge in [-0.3, -0.25) is 14.7 Å². The number of nitrogens with zero attached hydrogens (tertiary/aromatic N) is 5. The van der Waals surface area contributed by atoms with Gasteiger partial charge in [-0.15, -0.1) is 0 Å². The van der Waals surface area contributed by atoms with Crippen molar-refractivity contribution in [2.45, 2.75) is 13.5 Å². The van der Waals surface area contributed by atoms with E-state index in [4.69, 9.17) is 9.47 Å². The van der Waals surface area contributed by atoms with Gasteiger partial charge in [-0.2, -0.15) is 19.0 Å². The van der Waals surface area contributed by atoms with Gasteiger partial charge in [-0.05, 0) is 55.5 Å². The molecule has 0 spiro atoms. The number of halogens is 2.